The van der Waals surface area contributed by atoms with Crippen molar-refractivity contribution in [2.24, 2.45) is 0 Å². The highest BCUT2D eigenvalue weighted by Crippen LogP contribution is 2.19. The van der Waals surface area contributed by atoms with E-state index in [9.17, 15) is 9.90 Å². The number of carboxylic acid groups (broad SMARTS) is 1. The standard InChI is InChI=1S/C8H16N2O2/c1-10(2)6-8(7(11)12)4-3-5-9-8/h9H,3-6H2,1-2H3,(H,11,12)/t8-/m1/s1/i3D2,4D2,5D/hD/t5?,8-. The summed E-state index contributed by atoms with van der Waals surface area (Å²) in [4.78, 5) is 12.8. The monoisotopic (exact) mass is 178 g/mol. The molecule has 0 saturated carbocycles. The Labute approximate surface area is 81.0 Å². The number of rotatable bonds is 3. The van der Waals surface area contributed by atoms with Gasteiger partial charge in [-0.2, -0.15) is 0 Å². The Kier molecular flexibility index (Phi) is 1.16. The number of carboxylic acids is 1. The summed E-state index contributed by atoms with van der Waals surface area (Å²) in [7, 11) is 3.00. The van der Waals surface area contributed by atoms with Gasteiger partial charge in [-0.05, 0) is 33.4 Å². The third kappa shape index (κ3) is 1.76. The minimum atomic E-state index is -2.86. The molecule has 1 unspecified atom stereocenters. The molecule has 2 N–H and O–H groups in total. The SMILES string of the molecule is [2H]C1N([2H])[C@](CN(C)C)(C(=O)O)C([2H])([2H])C1([2H])[2H]. The zero-order valence-corrected chi connectivity index (χ0v) is 7.03. The Morgan fingerprint density at radius 3 is 2.92 bits per heavy atom. The van der Waals surface area contributed by atoms with Crippen molar-refractivity contribution in [2.45, 2.75) is 18.3 Å². The number of hydrogen-bond donors (Lipinski definition) is 2. The van der Waals surface area contributed by atoms with E-state index in [1.165, 1.54) is 19.0 Å². The molecule has 0 bridgehead atoms. The highest BCUT2D eigenvalue weighted by molar-refractivity contribution is 5.79. The van der Waals surface area contributed by atoms with Crippen molar-refractivity contribution in [2.75, 3.05) is 27.2 Å². The van der Waals surface area contributed by atoms with E-state index in [2.05, 4.69) is 0 Å². The van der Waals surface area contributed by atoms with E-state index >= 15 is 0 Å². The quantitative estimate of drug-likeness (QED) is 0.626. The molecule has 1 saturated heterocycles. The molecule has 4 heteroatoms. The molecule has 70 valence electrons. The lowest BCUT2D eigenvalue weighted by atomic mass is 9.97. The summed E-state index contributed by atoms with van der Waals surface area (Å²) in [6.07, 6.45) is -5.60. The van der Waals surface area contributed by atoms with Crippen molar-refractivity contribution >= 4 is 5.97 Å². The van der Waals surface area contributed by atoms with Gasteiger partial charge in [-0.3, -0.25) is 4.79 Å². The van der Waals surface area contributed by atoms with Crippen LogP contribution in [0.1, 0.15) is 19.6 Å². The van der Waals surface area contributed by atoms with Crippen LogP contribution in [0, 0.1) is 0 Å². The zero-order chi connectivity index (χ0) is 14.5. The second-order valence-corrected chi connectivity index (χ2v) is 2.93. The molecule has 0 amide bonds. The Hall–Kier alpha value is -0.610. The van der Waals surface area contributed by atoms with Gasteiger partial charge in [0.2, 0.25) is 0 Å². The maximum absolute atomic E-state index is 11.4. The fraction of sp³-hybridized carbons (Fsp3) is 0.875. The van der Waals surface area contributed by atoms with E-state index in [4.69, 9.17) is 8.27 Å². The molecule has 1 fully saturated rings. The van der Waals surface area contributed by atoms with Crippen LogP contribution in [-0.4, -0.2) is 48.7 Å². The molecule has 12 heavy (non-hydrogen) atoms. The van der Waals surface area contributed by atoms with Gasteiger partial charge in [0.15, 0.2) is 0 Å². The van der Waals surface area contributed by atoms with Gasteiger partial charge < -0.3 is 15.3 Å². The second kappa shape index (κ2) is 3.41. The van der Waals surface area contributed by atoms with Gasteiger partial charge in [-0.25, -0.2) is 0 Å². The lowest BCUT2D eigenvalue weighted by Crippen LogP contribution is -2.54. The maximum atomic E-state index is 11.4. The predicted octanol–water partition coefficient (Wildman–Crippen LogP) is -0.245. The Morgan fingerprint density at radius 1 is 1.92 bits per heavy atom. The third-order valence-corrected chi connectivity index (χ3v) is 1.53. The number of hydrogen-bond acceptors (Lipinski definition) is 3. The fourth-order valence-electron chi connectivity index (χ4n) is 1.04. The van der Waals surface area contributed by atoms with Gasteiger partial charge in [-0.15, -0.1) is 0 Å². The summed E-state index contributed by atoms with van der Waals surface area (Å²) >= 11 is 0. The molecular weight excluding hydrogens is 156 g/mol. The minimum Gasteiger partial charge on any atom is -0.480 e. The van der Waals surface area contributed by atoms with E-state index in [1.54, 1.807) is 0 Å². The molecule has 0 aromatic carbocycles. The molecule has 0 aromatic heterocycles. The molecule has 0 spiro atoms. The summed E-state index contributed by atoms with van der Waals surface area (Å²) < 4.78 is 45.9. The summed E-state index contributed by atoms with van der Waals surface area (Å²) in [6.45, 7) is -2.29. The van der Waals surface area contributed by atoms with Crippen LogP contribution in [0.2, 0.25) is 1.41 Å². The molecule has 0 aromatic rings. The van der Waals surface area contributed by atoms with Crippen molar-refractivity contribution in [1.82, 2.24) is 10.2 Å². The van der Waals surface area contributed by atoms with Gasteiger partial charge in [0.25, 0.3) is 0 Å². The Morgan fingerprint density at radius 2 is 2.58 bits per heavy atom. The highest BCUT2D eigenvalue weighted by atomic mass is 16.4. The summed E-state index contributed by atoms with van der Waals surface area (Å²) in [5.74, 6) is -1.64. The average Bonchev–Trinajstić information content (AvgIpc) is 2.29. The molecule has 1 aliphatic rings. The van der Waals surface area contributed by atoms with Crippen molar-refractivity contribution in [3.63, 3.8) is 0 Å². The van der Waals surface area contributed by atoms with Crippen LogP contribution in [-0.2, 0) is 4.79 Å². The molecular formula is C8H16N2O2. The molecule has 1 aliphatic heterocycles. The van der Waals surface area contributed by atoms with E-state index in [1.807, 2.05) is 0 Å². The van der Waals surface area contributed by atoms with Crippen molar-refractivity contribution < 1.29 is 18.2 Å². The number of nitrogens with one attached hydrogen (secondary N) is 1. The van der Waals surface area contributed by atoms with E-state index in [0.29, 0.717) is 0 Å². The van der Waals surface area contributed by atoms with Crippen LogP contribution < -0.4 is 5.31 Å². The van der Waals surface area contributed by atoms with Crippen LogP contribution in [0.15, 0.2) is 0 Å². The molecule has 0 radical (unpaired) electrons. The summed E-state index contributed by atoms with van der Waals surface area (Å²) in [5, 5.41) is 9.51. The van der Waals surface area contributed by atoms with Crippen LogP contribution in [0.25, 0.3) is 0 Å². The lowest BCUT2D eigenvalue weighted by Gasteiger charge is -2.27. The minimum absolute atomic E-state index is 0.218. The highest BCUT2D eigenvalue weighted by Gasteiger charge is 2.41. The Balaban J connectivity index is 3.46. The van der Waals surface area contributed by atoms with Gasteiger partial charge in [-0.1, -0.05) is 0 Å². The molecule has 1 rings (SSSR count). The topological polar surface area (TPSA) is 52.6 Å². The van der Waals surface area contributed by atoms with Gasteiger partial charge in [0.1, 0.15) is 6.95 Å². The first-order chi connectivity index (χ1) is 7.93. The van der Waals surface area contributed by atoms with Crippen molar-refractivity contribution in [3.05, 3.63) is 0 Å². The van der Waals surface area contributed by atoms with Crippen molar-refractivity contribution in [1.29, 1.82) is 0 Å². The molecule has 4 nitrogen and oxygen atoms in total. The van der Waals surface area contributed by atoms with Gasteiger partial charge in [0.05, 0.1) is 0 Å². The maximum Gasteiger partial charge on any atom is 0.325 e. The number of nitrogens with zero attached hydrogens (tertiary/aromatic N) is 1. The average molecular weight is 178 g/mol. The van der Waals surface area contributed by atoms with Crippen LogP contribution in [0.4, 0.5) is 0 Å². The van der Waals surface area contributed by atoms with Gasteiger partial charge in [0, 0.05) is 13.4 Å². The van der Waals surface area contributed by atoms with Crippen LogP contribution >= 0.6 is 0 Å². The smallest absolute Gasteiger partial charge is 0.325 e. The lowest BCUT2D eigenvalue weighted by molar-refractivity contribution is -0.144. The first-order valence-corrected chi connectivity index (χ1v) is 3.51. The first-order valence-electron chi connectivity index (χ1n) is 6.54. The summed E-state index contributed by atoms with van der Waals surface area (Å²) in [6, 6.07) is 0. The van der Waals surface area contributed by atoms with E-state index < -0.39 is 37.3 Å². The van der Waals surface area contributed by atoms with Crippen molar-refractivity contribution in [3.8, 4) is 0 Å². The number of aliphatic carboxylic acids is 1. The fourth-order valence-corrected chi connectivity index (χ4v) is 1.04. The second-order valence-electron chi connectivity index (χ2n) is 2.93. The predicted molar refractivity (Wildman–Crippen MR) is 46.2 cm³/mol. The van der Waals surface area contributed by atoms with E-state index in [0.717, 1.165) is 0 Å². The van der Waals surface area contributed by atoms with Gasteiger partial charge >= 0.3 is 5.97 Å². The van der Waals surface area contributed by atoms with E-state index in [-0.39, 0.29) is 5.31 Å². The number of carbonyl (C=O) groups is 1. The summed E-state index contributed by atoms with van der Waals surface area (Å²) in [5.41, 5.74) is -2.41. The third-order valence-electron chi connectivity index (χ3n) is 1.53. The molecule has 2 atom stereocenters. The Bertz CT molecular complexity index is 363. The largest absolute Gasteiger partial charge is 0.480 e. The first kappa shape index (κ1) is 4.07. The molecule has 1 heterocycles. The van der Waals surface area contributed by atoms with Crippen LogP contribution in [0.5, 0.6) is 0 Å². The molecule has 0 aliphatic carbocycles. The normalized spacial score (nSPS) is 53.1. The zero-order valence-electron chi connectivity index (χ0n) is 13.0. The van der Waals surface area contributed by atoms with Crippen LogP contribution in [0.3, 0.4) is 0 Å². The number of likely N-dealkylation sites (N-methyl/N-ethyl adjacent to an activating group) is 1.